The molecule has 1 atom stereocenters. The number of hydrogen-bond acceptors (Lipinski definition) is 4. The van der Waals surface area contributed by atoms with Gasteiger partial charge < -0.3 is 9.64 Å². The number of hydrogen-bond donors (Lipinski definition) is 0. The minimum absolute atomic E-state index is 0.0478. The van der Waals surface area contributed by atoms with Crippen LogP contribution in [0, 0.1) is 13.8 Å². The van der Waals surface area contributed by atoms with E-state index in [0.717, 1.165) is 56.0 Å². The summed E-state index contributed by atoms with van der Waals surface area (Å²) in [7, 11) is 0. The van der Waals surface area contributed by atoms with Crippen LogP contribution in [0.1, 0.15) is 49.3 Å². The Hall–Kier alpha value is -1.49. The maximum atomic E-state index is 12.3. The summed E-state index contributed by atoms with van der Waals surface area (Å²) in [5.74, 6) is 0.939. The van der Waals surface area contributed by atoms with E-state index in [-0.39, 0.29) is 11.5 Å². The fraction of sp³-hybridized carbons (Fsp3) is 0.688. The predicted molar refractivity (Wildman–Crippen MR) is 78.7 cm³/mol. The van der Waals surface area contributed by atoms with Gasteiger partial charge in [0.2, 0.25) is 5.91 Å². The molecule has 3 heterocycles. The van der Waals surface area contributed by atoms with Crippen molar-refractivity contribution in [2.75, 3.05) is 13.2 Å². The Kier molecular flexibility index (Phi) is 3.93. The Morgan fingerprint density at radius 2 is 2.00 bits per heavy atom. The highest BCUT2D eigenvalue weighted by Crippen LogP contribution is 2.36. The second kappa shape index (κ2) is 5.72. The molecule has 2 saturated heterocycles. The topological polar surface area (TPSA) is 55.3 Å². The second-order valence-electron chi connectivity index (χ2n) is 6.27. The van der Waals surface area contributed by atoms with E-state index in [1.54, 1.807) is 0 Å². The van der Waals surface area contributed by atoms with E-state index in [1.807, 2.05) is 24.8 Å². The Morgan fingerprint density at radius 3 is 2.67 bits per heavy atom. The second-order valence-corrected chi connectivity index (χ2v) is 6.27. The van der Waals surface area contributed by atoms with Crippen LogP contribution in [0.2, 0.25) is 0 Å². The van der Waals surface area contributed by atoms with Crippen LogP contribution >= 0.6 is 0 Å². The van der Waals surface area contributed by atoms with Crippen molar-refractivity contribution in [3.8, 4) is 0 Å². The summed E-state index contributed by atoms with van der Waals surface area (Å²) in [5, 5.41) is 0. The summed E-state index contributed by atoms with van der Waals surface area (Å²) >= 11 is 0. The quantitative estimate of drug-likeness (QED) is 0.837. The van der Waals surface area contributed by atoms with Crippen molar-refractivity contribution in [3.05, 3.63) is 23.3 Å². The molecule has 3 rings (SSSR count). The molecule has 21 heavy (non-hydrogen) atoms. The summed E-state index contributed by atoms with van der Waals surface area (Å²) in [6, 6.07) is 1.95. The lowest BCUT2D eigenvalue weighted by molar-refractivity contribution is -0.131. The largest absolute Gasteiger partial charge is 0.375 e. The molecular weight excluding hydrogens is 266 g/mol. The van der Waals surface area contributed by atoms with Gasteiger partial charge in [0.15, 0.2) is 0 Å². The van der Waals surface area contributed by atoms with Crippen molar-refractivity contribution < 1.29 is 9.53 Å². The van der Waals surface area contributed by atoms with Gasteiger partial charge in [0.05, 0.1) is 12.1 Å². The van der Waals surface area contributed by atoms with Crippen LogP contribution in [0.3, 0.4) is 0 Å². The van der Waals surface area contributed by atoms with Gasteiger partial charge in [-0.1, -0.05) is 0 Å². The molecule has 0 N–H and O–H groups in total. The molecule has 0 saturated carbocycles. The van der Waals surface area contributed by atoms with Crippen LogP contribution < -0.4 is 0 Å². The van der Waals surface area contributed by atoms with Crippen molar-refractivity contribution in [3.63, 3.8) is 0 Å². The van der Waals surface area contributed by atoms with E-state index in [0.29, 0.717) is 13.0 Å². The number of amides is 1. The van der Waals surface area contributed by atoms with Gasteiger partial charge in [0.25, 0.3) is 0 Å². The molecule has 2 aliphatic heterocycles. The predicted octanol–water partition coefficient (Wildman–Crippen LogP) is 2.16. The van der Waals surface area contributed by atoms with E-state index in [2.05, 4.69) is 9.97 Å². The fourth-order valence-electron chi connectivity index (χ4n) is 3.44. The molecule has 0 aliphatic carbocycles. The lowest BCUT2D eigenvalue weighted by Gasteiger charge is -2.26. The van der Waals surface area contributed by atoms with Crippen LogP contribution in [0.5, 0.6) is 0 Å². The number of nitrogens with zero attached hydrogens (tertiary/aromatic N) is 3. The zero-order chi connectivity index (χ0) is 14.9. The van der Waals surface area contributed by atoms with E-state index < -0.39 is 0 Å². The molecule has 5 heteroatoms. The molecular formula is C16H23N3O2. The molecule has 5 nitrogen and oxygen atoms in total. The summed E-state index contributed by atoms with van der Waals surface area (Å²) in [5.41, 5.74) is 1.86. The first-order valence-corrected chi connectivity index (χ1v) is 7.79. The molecule has 0 aromatic carbocycles. The van der Waals surface area contributed by atoms with Crippen molar-refractivity contribution in [2.45, 2.75) is 58.1 Å². The smallest absolute Gasteiger partial charge is 0.223 e. The Labute approximate surface area is 125 Å². The minimum atomic E-state index is -0.0478. The summed E-state index contributed by atoms with van der Waals surface area (Å²) < 4.78 is 5.94. The first-order chi connectivity index (χ1) is 10.1. The monoisotopic (exact) mass is 289 g/mol. The third-order valence-corrected chi connectivity index (χ3v) is 4.53. The normalized spacial score (nSPS) is 26.4. The van der Waals surface area contributed by atoms with E-state index >= 15 is 0 Å². The van der Waals surface area contributed by atoms with Gasteiger partial charge in [-0.15, -0.1) is 0 Å². The van der Waals surface area contributed by atoms with Crippen LogP contribution in [-0.4, -0.2) is 39.5 Å². The van der Waals surface area contributed by atoms with E-state index in [4.69, 9.17) is 4.74 Å². The Balaban J connectivity index is 1.71. The number of ether oxygens (including phenoxy) is 1. The highest BCUT2D eigenvalue weighted by atomic mass is 16.5. The molecule has 2 fully saturated rings. The van der Waals surface area contributed by atoms with Crippen LogP contribution in [0.15, 0.2) is 6.07 Å². The maximum Gasteiger partial charge on any atom is 0.223 e. The number of rotatable bonds is 2. The molecule has 2 aliphatic rings. The average Bonchev–Trinajstić information content (AvgIpc) is 2.83. The van der Waals surface area contributed by atoms with Gasteiger partial charge in [-0.05, 0) is 45.6 Å². The fourth-order valence-corrected chi connectivity index (χ4v) is 3.44. The number of aryl methyl sites for hydroxylation is 2. The first-order valence-electron chi connectivity index (χ1n) is 7.79. The number of carbonyl (C=O) groups excluding carboxylic acids is 1. The Bertz CT molecular complexity index is 518. The van der Waals surface area contributed by atoms with E-state index in [9.17, 15) is 4.79 Å². The summed E-state index contributed by atoms with van der Waals surface area (Å²) in [6.07, 6.45) is 4.58. The SMILES string of the molecule is Cc1cc(C)nc(CN2CC[C@]3(CCCO3)CCC2=O)n1. The Morgan fingerprint density at radius 1 is 1.24 bits per heavy atom. The van der Waals surface area contributed by atoms with Gasteiger partial charge in [-0.25, -0.2) is 9.97 Å². The minimum Gasteiger partial charge on any atom is -0.375 e. The van der Waals surface area contributed by atoms with Crippen molar-refractivity contribution in [2.24, 2.45) is 0 Å². The standard InChI is InChI=1S/C16H23N3O2/c1-12-10-13(2)18-14(17-12)11-19-8-7-16(5-3-9-21-16)6-4-15(19)20/h10H,3-9,11H2,1-2H3/t16-/m0/s1. The lowest BCUT2D eigenvalue weighted by atomic mass is 9.92. The molecule has 0 unspecified atom stereocenters. The van der Waals surface area contributed by atoms with Gasteiger partial charge in [-0.3, -0.25) is 4.79 Å². The van der Waals surface area contributed by atoms with Crippen LogP contribution in [0.4, 0.5) is 0 Å². The molecule has 1 spiro atoms. The highest BCUT2D eigenvalue weighted by Gasteiger charge is 2.38. The molecule has 0 bridgehead atoms. The molecule has 1 aromatic rings. The molecule has 1 aromatic heterocycles. The lowest BCUT2D eigenvalue weighted by Crippen LogP contribution is -2.32. The van der Waals surface area contributed by atoms with Crippen molar-refractivity contribution >= 4 is 5.91 Å². The molecule has 1 amide bonds. The highest BCUT2D eigenvalue weighted by molar-refractivity contribution is 5.76. The number of aromatic nitrogens is 2. The van der Waals surface area contributed by atoms with Gasteiger partial charge in [0.1, 0.15) is 5.82 Å². The summed E-state index contributed by atoms with van der Waals surface area (Å²) in [6.45, 7) is 6.02. The third-order valence-electron chi connectivity index (χ3n) is 4.53. The van der Waals surface area contributed by atoms with Crippen LogP contribution in [0.25, 0.3) is 0 Å². The molecule has 114 valence electrons. The summed E-state index contributed by atoms with van der Waals surface area (Å²) in [4.78, 5) is 23.1. The number of carbonyl (C=O) groups is 1. The number of likely N-dealkylation sites (tertiary alicyclic amines) is 1. The van der Waals surface area contributed by atoms with Gasteiger partial charge in [0, 0.05) is 31.0 Å². The zero-order valence-corrected chi connectivity index (χ0v) is 12.9. The van der Waals surface area contributed by atoms with Crippen molar-refractivity contribution in [1.82, 2.24) is 14.9 Å². The zero-order valence-electron chi connectivity index (χ0n) is 12.9. The average molecular weight is 289 g/mol. The first kappa shape index (κ1) is 14.4. The van der Waals surface area contributed by atoms with Gasteiger partial charge >= 0.3 is 0 Å². The van der Waals surface area contributed by atoms with Crippen LogP contribution in [-0.2, 0) is 16.1 Å². The van der Waals surface area contributed by atoms with Crippen molar-refractivity contribution in [1.29, 1.82) is 0 Å². The third kappa shape index (κ3) is 3.23. The maximum absolute atomic E-state index is 12.3. The van der Waals surface area contributed by atoms with E-state index in [1.165, 1.54) is 0 Å². The van der Waals surface area contributed by atoms with Gasteiger partial charge in [-0.2, -0.15) is 0 Å². The molecule has 0 radical (unpaired) electrons.